The van der Waals surface area contributed by atoms with Crippen LogP contribution in [0.2, 0.25) is 0 Å². The molecule has 1 aliphatic carbocycles. The second-order valence-electron chi connectivity index (χ2n) is 10.0. The Morgan fingerprint density at radius 3 is 2.60 bits per heavy atom. The van der Waals surface area contributed by atoms with Crippen molar-refractivity contribution in [1.29, 1.82) is 0 Å². The summed E-state index contributed by atoms with van der Waals surface area (Å²) in [4.78, 5) is 39.5. The second-order valence-corrected chi connectivity index (χ2v) is 10.0. The van der Waals surface area contributed by atoms with Crippen molar-refractivity contribution in [2.45, 2.75) is 70.9 Å². The molecule has 1 saturated heterocycles. The zero-order chi connectivity index (χ0) is 29.0. The number of carbonyl (C=O) groups is 2. The van der Waals surface area contributed by atoms with Crippen LogP contribution in [0.1, 0.15) is 63.0 Å². The number of carbonyl (C=O) groups excluding carboxylic acids is 2. The fraction of sp³-hybridized carbons (Fsp3) is 0.536. The van der Waals surface area contributed by atoms with Gasteiger partial charge in [-0.15, -0.1) is 0 Å². The van der Waals surface area contributed by atoms with Gasteiger partial charge in [-0.2, -0.15) is 13.2 Å². The van der Waals surface area contributed by atoms with Crippen LogP contribution in [0.3, 0.4) is 0 Å². The number of hydrogen-bond acceptors (Lipinski definition) is 5. The number of halogens is 5. The first-order valence-corrected chi connectivity index (χ1v) is 13.4. The normalized spacial score (nSPS) is 18.3. The molecule has 7 nitrogen and oxygen atoms in total. The number of ether oxygens (including phenoxy) is 1. The van der Waals surface area contributed by atoms with E-state index in [0.717, 1.165) is 4.90 Å². The lowest BCUT2D eigenvalue weighted by Crippen LogP contribution is -2.34. The first-order valence-electron chi connectivity index (χ1n) is 13.4. The number of aryl methyl sites for hydroxylation is 1. The molecule has 0 radical (unpaired) electrons. The lowest BCUT2D eigenvalue weighted by atomic mass is 9.93. The molecule has 2 heterocycles. The summed E-state index contributed by atoms with van der Waals surface area (Å²) in [6.45, 7) is 2.10. The summed E-state index contributed by atoms with van der Waals surface area (Å²) < 4.78 is 77.6. The van der Waals surface area contributed by atoms with Gasteiger partial charge in [-0.25, -0.2) is 18.4 Å². The van der Waals surface area contributed by atoms with Gasteiger partial charge in [0.25, 0.3) is 5.91 Å². The third-order valence-corrected chi connectivity index (χ3v) is 7.16. The number of hydrogen-bond donors (Lipinski definition) is 0. The fourth-order valence-electron chi connectivity index (χ4n) is 5.19. The van der Waals surface area contributed by atoms with Crippen molar-refractivity contribution in [3.05, 3.63) is 51.5 Å². The summed E-state index contributed by atoms with van der Waals surface area (Å²) in [5.74, 6) is -0.953. The highest BCUT2D eigenvalue weighted by Crippen LogP contribution is 2.37. The third-order valence-electron chi connectivity index (χ3n) is 7.16. The topological polar surface area (TPSA) is 80.1 Å². The van der Waals surface area contributed by atoms with Gasteiger partial charge < -0.3 is 9.15 Å². The summed E-state index contributed by atoms with van der Waals surface area (Å²) >= 11 is 0. The van der Waals surface area contributed by atoms with Gasteiger partial charge in [0, 0.05) is 35.2 Å². The average Bonchev–Trinajstić information content (AvgIpc) is 3.19. The molecule has 1 aromatic heterocycles. The fourth-order valence-corrected chi connectivity index (χ4v) is 5.19. The molecule has 12 heteroatoms. The van der Waals surface area contributed by atoms with Crippen molar-refractivity contribution < 1.29 is 40.7 Å². The molecule has 1 fully saturated rings. The number of fused-ring (bicyclic) bond motifs is 1. The van der Waals surface area contributed by atoms with Crippen molar-refractivity contribution in [3.8, 4) is 5.75 Å². The van der Waals surface area contributed by atoms with E-state index < -0.39 is 35.7 Å². The first kappa shape index (κ1) is 29.5. The van der Waals surface area contributed by atoms with Crippen molar-refractivity contribution in [2.75, 3.05) is 19.7 Å². The van der Waals surface area contributed by atoms with E-state index in [0.29, 0.717) is 74.4 Å². The summed E-state index contributed by atoms with van der Waals surface area (Å²) in [5.41, 5.74) is -1.42. The minimum atomic E-state index is -4.71. The van der Waals surface area contributed by atoms with Gasteiger partial charge in [-0.3, -0.25) is 14.6 Å². The van der Waals surface area contributed by atoms with E-state index in [4.69, 9.17) is 9.15 Å². The van der Waals surface area contributed by atoms with Gasteiger partial charge in [0.2, 0.25) is 6.43 Å². The first-order chi connectivity index (χ1) is 19.0. The van der Waals surface area contributed by atoms with Gasteiger partial charge >= 0.3 is 17.8 Å². The lowest BCUT2D eigenvalue weighted by Gasteiger charge is -2.26. The number of unbranched alkanes of at least 4 members (excludes halogenated alkanes) is 2. The van der Waals surface area contributed by atoms with Crippen LogP contribution in [-0.4, -0.2) is 47.9 Å². The third kappa shape index (κ3) is 6.47. The van der Waals surface area contributed by atoms with Crippen LogP contribution >= 0.6 is 0 Å². The van der Waals surface area contributed by atoms with Gasteiger partial charge in [-0.05, 0) is 57.1 Å². The number of alkyl halides is 5. The van der Waals surface area contributed by atoms with Crippen molar-refractivity contribution in [2.24, 2.45) is 5.92 Å². The molecule has 1 aromatic carbocycles. The second kappa shape index (κ2) is 12.4. The maximum Gasteiger partial charge on any atom is 0.417 e. The van der Waals surface area contributed by atoms with E-state index in [1.54, 1.807) is 0 Å². The number of allylic oxidation sites excluding steroid dienone is 2. The van der Waals surface area contributed by atoms with Crippen LogP contribution < -0.4 is 10.4 Å². The average molecular weight is 571 g/mol. The summed E-state index contributed by atoms with van der Waals surface area (Å²) in [7, 11) is 0. The smallest absolute Gasteiger partial charge is 0.417 e. The maximum atomic E-state index is 13.5. The van der Waals surface area contributed by atoms with Crippen LogP contribution in [0.15, 0.2) is 39.2 Å². The highest BCUT2D eigenvalue weighted by atomic mass is 19.4. The number of benzene rings is 1. The minimum Gasteiger partial charge on any atom is -0.493 e. The zero-order valence-corrected chi connectivity index (χ0v) is 22.1. The van der Waals surface area contributed by atoms with E-state index in [1.165, 1.54) is 23.1 Å². The predicted molar refractivity (Wildman–Crippen MR) is 136 cm³/mol. The van der Waals surface area contributed by atoms with E-state index in [-0.39, 0.29) is 36.6 Å². The lowest BCUT2D eigenvalue weighted by molar-refractivity contribution is -0.136. The molecule has 4 rings (SSSR count). The molecule has 1 unspecified atom stereocenters. The molecule has 0 spiro atoms. The monoisotopic (exact) mass is 570 g/mol. The molecule has 0 N–H and O–H groups in total. The Labute approximate surface area is 227 Å². The van der Waals surface area contributed by atoms with Crippen molar-refractivity contribution in [1.82, 2.24) is 9.80 Å². The molecular formula is C28H31F5N2O5. The molecular weight excluding hydrogens is 539 g/mol. The van der Waals surface area contributed by atoms with Crippen molar-refractivity contribution in [3.63, 3.8) is 0 Å². The van der Waals surface area contributed by atoms with Crippen molar-refractivity contribution >= 4 is 22.9 Å². The van der Waals surface area contributed by atoms with Crippen LogP contribution in [-0.2, 0) is 17.4 Å². The van der Waals surface area contributed by atoms with Crippen LogP contribution in [0.5, 0.6) is 5.75 Å². The Balaban J connectivity index is 1.33. The molecule has 2 aromatic rings. The summed E-state index contributed by atoms with van der Waals surface area (Å²) in [6, 6.07) is 2.62. The van der Waals surface area contributed by atoms with E-state index >= 15 is 0 Å². The van der Waals surface area contributed by atoms with Crippen LogP contribution in [0, 0.1) is 5.92 Å². The summed E-state index contributed by atoms with van der Waals surface area (Å²) in [5, 5.41) is -0.203. The maximum absolute atomic E-state index is 13.5. The zero-order valence-electron chi connectivity index (χ0n) is 22.1. The van der Waals surface area contributed by atoms with Crippen LogP contribution in [0.4, 0.5) is 26.7 Å². The van der Waals surface area contributed by atoms with Crippen LogP contribution in [0.25, 0.3) is 11.0 Å². The highest BCUT2D eigenvalue weighted by Gasteiger charge is 2.39. The Hall–Kier alpha value is -3.44. The molecule has 1 atom stereocenters. The SMILES string of the molecule is CCCc1c(OCCCCCN2C(=O)CN(C3=CC(C(F)F)CCC3)C2=O)ccc2c(C(F)(F)F)cc(=O)oc12. The minimum absolute atomic E-state index is 0.136. The summed E-state index contributed by atoms with van der Waals surface area (Å²) in [6.07, 6.45) is -1.88. The quantitative estimate of drug-likeness (QED) is 0.133. The number of imide groups is 1. The number of nitrogens with zero attached hydrogens (tertiary/aromatic N) is 2. The Morgan fingerprint density at radius 1 is 1.12 bits per heavy atom. The molecule has 0 saturated carbocycles. The molecule has 0 bridgehead atoms. The Kier molecular flexibility index (Phi) is 9.15. The van der Waals surface area contributed by atoms with Gasteiger partial charge in [0.1, 0.15) is 17.9 Å². The molecule has 2 aliphatic rings. The number of amides is 3. The largest absolute Gasteiger partial charge is 0.493 e. The molecule has 3 amide bonds. The van der Waals surface area contributed by atoms with Gasteiger partial charge in [0.05, 0.1) is 12.2 Å². The number of rotatable bonds is 11. The standard InChI is InChI=1S/C28H31F5N2O5/c1-2-7-20-22(11-10-19-21(28(31,32)33)15-24(37)40-25(19)20)39-13-5-3-4-12-34-23(36)16-35(27(34)38)18-9-6-8-17(14-18)26(29)30/h10-11,14-15,17,26H,2-9,12-13,16H2,1H3. The van der Waals surface area contributed by atoms with E-state index in [1.807, 2.05) is 6.92 Å². The Morgan fingerprint density at radius 2 is 1.90 bits per heavy atom. The van der Waals surface area contributed by atoms with Gasteiger partial charge in [-0.1, -0.05) is 19.4 Å². The van der Waals surface area contributed by atoms with E-state index in [2.05, 4.69) is 0 Å². The number of urea groups is 1. The van der Waals surface area contributed by atoms with Gasteiger partial charge in [0.15, 0.2) is 0 Å². The molecule has 1 aliphatic heterocycles. The molecule has 218 valence electrons. The highest BCUT2D eigenvalue weighted by molar-refractivity contribution is 6.02. The predicted octanol–water partition coefficient (Wildman–Crippen LogP) is 6.53. The molecule has 40 heavy (non-hydrogen) atoms. The Bertz CT molecular complexity index is 1340. The van der Waals surface area contributed by atoms with E-state index in [9.17, 15) is 36.3 Å².